The zero-order chi connectivity index (χ0) is 23.4. The number of anilines is 1. The number of aromatic nitrogens is 3. The van der Waals surface area contributed by atoms with Crippen LogP contribution in [0.3, 0.4) is 0 Å². The first-order chi connectivity index (χ1) is 16.0. The third-order valence-electron chi connectivity index (χ3n) is 5.45. The molecule has 4 aromatic rings. The number of carbonyl (C=O) groups excluding carboxylic acids is 1. The minimum Gasteiger partial charge on any atom is -0.492 e. The van der Waals surface area contributed by atoms with Crippen molar-refractivity contribution < 1.29 is 9.53 Å². The standard InChI is InChI=1S/C26H27ClN4O2/c1-4-6-7-18-8-11-20(12-9-18)31-29-23-14-17(3)22(16-24(23)30-31)28-26(32)19-10-13-25(33-5-2)21(27)15-19/h8-16H,4-7H2,1-3H3,(H,28,32). The van der Waals surface area contributed by atoms with Gasteiger partial charge < -0.3 is 10.1 Å². The predicted molar refractivity (Wildman–Crippen MR) is 133 cm³/mol. The van der Waals surface area contributed by atoms with E-state index in [-0.39, 0.29) is 5.91 Å². The Hall–Kier alpha value is -3.38. The summed E-state index contributed by atoms with van der Waals surface area (Å²) < 4.78 is 5.44. The molecule has 0 bridgehead atoms. The summed E-state index contributed by atoms with van der Waals surface area (Å²) in [6.07, 6.45) is 3.44. The average Bonchev–Trinajstić information content (AvgIpc) is 3.22. The predicted octanol–water partition coefficient (Wildman–Crippen LogP) is 6.38. The number of fused-ring (bicyclic) bond motifs is 1. The third-order valence-corrected chi connectivity index (χ3v) is 5.75. The Balaban J connectivity index is 1.55. The summed E-state index contributed by atoms with van der Waals surface area (Å²) in [5, 5.41) is 12.6. The van der Waals surface area contributed by atoms with Crippen molar-refractivity contribution in [1.29, 1.82) is 0 Å². The Bertz CT molecular complexity index is 1280. The number of ether oxygens (including phenoxy) is 1. The summed E-state index contributed by atoms with van der Waals surface area (Å²) in [6, 6.07) is 17.1. The van der Waals surface area contributed by atoms with Crippen LogP contribution in [0.2, 0.25) is 5.02 Å². The number of rotatable bonds is 8. The summed E-state index contributed by atoms with van der Waals surface area (Å²) in [4.78, 5) is 14.4. The Morgan fingerprint density at radius 2 is 1.76 bits per heavy atom. The fraction of sp³-hybridized carbons (Fsp3) is 0.269. The molecule has 0 atom stereocenters. The van der Waals surface area contributed by atoms with Gasteiger partial charge in [0.15, 0.2) is 0 Å². The third kappa shape index (κ3) is 5.17. The van der Waals surface area contributed by atoms with Crippen LogP contribution in [0.1, 0.15) is 48.2 Å². The molecule has 0 aliphatic rings. The zero-order valence-electron chi connectivity index (χ0n) is 19.1. The number of nitrogens with one attached hydrogen (secondary N) is 1. The highest BCUT2D eigenvalue weighted by Gasteiger charge is 2.13. The number of nitrogens with zero attached hydrogens (tertiary/aromatic N) is 3. The lowest BCUT2D eigenvalue weighted by Crippen LogP contribution is -2.13. The van der Waals surface area contributed by atoms with Gasteiger partial charge in [0.25, 0.3) is 5.91 Å². The highest BCUT2D eigenvalue weighted by atomic mass is 35.5. The van der Waals surface area contributed by atoms with Gasteiger partial charge in [-0.1, -0.05) is 37.1 Å². The van der Waals surface area contributed by atoms with E-state index in [9.17, 15) is 4.79 Å². The lowest BCUT2D eigenvalue weighted by molar-refractivity contribution is 0.102. The number of hydrogen-bond acceptors (Lipinski definition) is 4. The van der Waals surface area contributed by atoms with Gasteiger partial charge in [-0.3, -0.25) is 4.79 Å². The molecule has 0 saturated carbocycles. The highest BCUT2D eigenvalue weighted by Crippen LogP contribution is 2.27. The normalized spacial score (nSPS) is 11.0. The van der Waals surface area contributed by atoms with E-state index < -0.39 is 0 Å². The average molecular weight is 463 g/mol. The van der Waals surface area contributed by atoms with Crippen LogP contribution in [0.15, 0.2) is 54.6 Å². The Morgan fingerprint density at radius 1 is 1.03 bits per heavy atom. The van der Waals surface area contributed by atoms with Crippen LogP contribution in [0.25, 0.3) is 16.7 Å². The molecule has 1 N–H and O–H groups in total. The fourth-order valence-corrected chi connectivity index (χ4v) is 3.84. The Kier molecular flexibility index (Phi) is 6.94. The summed E-state index contributed by atoms with van der Waals surface area (Å²) in [7, 11) is 0. The number of hydrogen-bond donors (Lipinski definition) is 1. The number of benzene rings is 3. The van der Waals surface area contributed by atoms with Gasteiger partial charge in [0.05, 0.1) is 17.3 Å². The van der Waals surface area contributed by atoms with Gasteiger partial charge >= 0.3 is 0 Å². The molecule has 1 aromatic heterocycles. The van der Waals surface area contributed by atoms with Gasteiger partial charge in [-0.15, -0.1) is 10.2 Å². The molecule has 33 heavy (non-hydrogen) atoms. The molecule has 0 spiro atoms. The van der Waals surface area contributed by atoms with Crippen molar-refractivity contribution in [3.8, 4) is 11.4 Å². The number of halogens is 1. The van der Waals surface area contributed by atoms with Crippen molar-refractivity contribution in [2.24, 2.45) is 0 Å². The molecule has 3 aromatic carbocycles. The van der Waals surface area contributed by atoms with Gasteiger partial charge in [0.1, 0.15) is 16.8 Å². The van der Waals surface area contributed by atoms with Crippen molar-refractivity contribution in [3.63, 3.8) is 0 Å². The second kappa shape index (κ2) is 10.0. The largest absolute Gasteiger partial charge is 0.492 e. The van der Waals surface area contributed by atoms with Gasteiger partial charge in [0.2, 0.25) is 0 Å². The minimum atomic E-state index is -0.252. The van der Waals surface area contributed by atoms with Crippen molar-refractivity contribution in [3.05, 3.63) is 76.3 Å². The van der Waals surface area contributed by atoms with Crippen molar-refractivity contribution in [2.45, 2.75) is 40.0 Å². The first-order valence-electron chi connectivity index (χ1n) is 11.2. The van der Waals surface area contributed by atoms with Crippen LogP contribution in [0.5, 0.6) is 5.75 Å². The van der Waals surface area contributed by atoms with E-state index in [0.29, 0.717) is 34.1 Å². The molecule has 1 amide bonds. The molecule has 6 nitrogen and oxygen atoms in total. The smallest absolute Gasteiger partial charge is 0.255 e. The van der Waals surface area contributed by atoms with Gasteiger partial charge in [-0.2, -0.15) is 4.80 Å². The molecule has 4 rings (SSSR count). The number of unbranched alkanes of at least 4 members (excludes halogenated alkanes) is 1. The lowest BCUT2D eigenvalue weighted by Gasteiger charge is -2.10. The molecular weight excluding hydrogens is 436 g/mol. The molecular formula is C26H27ClN4O2. The van der Waals surface area contributed by atoms with E-state index in [1.54, 1.807) is 23.0 Å². The van der Waals surface area contributed by atoms with E-state index in [4.69, 9.17) is 16.3 Å². The van der Waals surface area contributed by atoms with Gasteiger partial charge in [-0.05, 0) is 80.3 Å². The number of aryl methyl sites for hydroxylation is 2. The monoisotopic (exact) mass is 462 g/mol. The van der Waals surface area contributed by atoms with Crippen LogP contribution < -0.4 is 10.1 Å². The SMILES string of the molecule is CCCCc1ccc(-n2nc3cc(C)c(NC(=O)c4ccc(OCC)c(Cl)c4)cc3n2)cc1. The molecule has 0 fully saturated rings. The summed E-state index contributed by atoms with van der Waals surface area (Å²) >= 11 is 6.23. The van der Waals surface area contributed by atoms with Crippen LogP contribution in [0.4, 0.5) is 5.69 Å². The molecule has 1 heterocycles. The molecule has 0 aliphatic heterocycles. The van der Waals surface area contributed by atoms with Gasteiger partial charge in [0, 0.05) is 11.3 Å². The van der Waals surface area contributed by atoms with Crippen molar-refractivity contribution >= 4 is 34.2 Å². The van der Waals surface area contributed by atoms with E-state index >= 15 is 0 Å². The highest BCUT2D eigenvalue weighted by molar-refractivity contribution is 6.32. The second-order valence-electron chi connectivity index (χ2n) is 7.95. The molecule has 0 saturated heterocycles. The maximum atomic E-state index is 12.8. The first kappa shape index (κ1) is 22.8. The number of carbonyl (C=O) groups is 1. The molecule has 7 heteroatoms. The van der Waals surface area contributed by atoms with E-state index in [0.717, 1.165) is 23.2 Å². The van der Waals surface area contributed by atoms with Crippen LogP contribution in [-0.4, -0.2) is 27.5 Å². The number of amides is 1. The van der Waals surface area contributed by atoms with Crippen molar-refractivity contribution in [2.75, 3.05) is 11.9 Å². The zero-order valence-corrected chi connectivity index (χ0v) is 19.8. The quantitative estimate of drug-likeness (QED) is 0.330. The molecule has 0 radical (unpaired) electrons. The lowest BCUT2D eigenvalue weighted by atomic mass is 10.1. The van der Waals surface area contributed by atoms with E-state index in [1.165, 1.54) is 18.4 Å². The Morgan fingerprint density at radius 3 is 2.42 bits per heavy atom. The first-order valence-corrected chi connectivity index (χ1v) is 11.6. The van der Waals surface area contributed by atoms with Crippen LogP contribution in [-0.2, 0) is 6.42 Å². The minimum absolute atomic E-state index is 0.252. The topological polar surface area (TPSA) is 69.0 Å². The van der Waals surface area contributed by atoms with E-state index in [2.05, 4.69) is 34.6 Å². The summed E-state index contributed by atoms with van der Waals surface area (Å²) in [6.45, 7) is 6.52. The van der Waals surface area contributed by atoms with E-state index in [1.807, 2.05) is 38.1 Å². The Labute approximate surface area is 198 Å². The maximum absolute atomic E-state index is 12.8. The van der Waals surface area contributed by atoms with Crippen molar-refractivity contribution in [1.82, 2.24) is 15.0 Å². The summed E-state index contributed by atoms with van der Waals surface area (Å²) in [5.74, 6) is 0.306. The second-order valence-corrected chi connectivity index (χ2v) is 8.35. The molecule has 0 unspecified atom stereocenters. The summed E-state index contributed by atoms with van der Waals surface area (Å²) in [5.41, 5.74) is 5.72. The fourth-order valence-electron chi connectivity index (χ4n) is 3.60. The van der Waals surface area contributed by atoms with Gasteiger partial charge in [-0.25, -0.2) is 0 Å². The molecule has 0 aliphatic carbocycles. The molecule has 170 valence electrons. The van der Waals surface area contributed by atoms with Crippen LogP contribution >= 0.6 is 11.6 Å². The van der Waals surface area contributed by atoms with Crippen LogP contribution in [0, 0.1) is 6.92 Å². The maximum Gasteiger partial charge on any atom is 0.255 e.